The molecule has 2 heteroatoms. The normalized spacial score (nSPS) is 11.8. The fraction of sp³-hybridized carbons (Fsp3) is 0. The van der Waals surface area contributed by atoms with E-state index in [2.05, 4.69) is 376 Å². The molecule has 0 bridgehead atoms. The predicted molar refractivity (Wildman–Crippen MR) is 454 cm³/mol. The zero-order valence-corrected chi connectivity index (χ0v) is 58.2. The second-order valence-electron chi connectivity index (χ2n) is 27.6. The van der Waals surface area contributed by atoms with Crippen LogP contribution >= 0.6 is 22.7 Å². The maximum Gasteiger partial charge on any atom is 0.0440 e. The second kappa shape index (κ2) is 24.5. The Bertz CT molecular complexity index is 7180. The molecule has 482 valence electrons. The first kappa shape index (κ1) is 60.0. The van der Waals surface area contributed by atoms with Gasteiger partial charge < -0.3 is 0 Å². The van der Waals surface area contributed by atoms with Gasteiger partial charge >= 0.3 is 0 Å². The van der Waals surface area contributed by atoms with Gasteiger partial charge in [0.15, 0.2) is 0 Å². The molecule has 20 aromatic carbocycles. The Morgan fingerprint density at radius 1 is 0.135 bits per heavy atom. The van der Waals surface area contributed by atoms with Gasteiger partial charge in [0.1, 0.15) is 0 Å². The van der Waals surface area contributed by atoms with E-state index in [-0.39, 0.29) is 0 Å². The Kier molecular flexibility index (Phi) is 14.1. The van der Waals surface area contributed by atoms with Crippen molar-refractivity contribution in [3.05, 3.63) is 376 Å². The van der Waals surface area contributed by atoms with Crippen molar-refractivity contribution < 1.29 is 0 Å². The monoisotopic (exact) mass is 1350 g/mol. The van der Waals surface area contributed by atoms with Crippen molar-refractivity contribution >= 4 is 160 Å². The van der Waals surface area contributed by atoms with E-state index >= 15 is 0 Å². The molecule has 0 spiro atoms. The molecular weight excluding hydrogens is 1290 g/mol. The highest BCUT2D eigenvalue weighted by Crippen LogP contribution is 2.51. The van der Waals surface area contributed by atoms with Crippen LogP contribution < -0.4 is 0 Å². The average Bonchev–Trinajstić information content (AvgIpc) is 1.71. The van der Waals surface area contributed by atoms with Gasteiger partial charge in [-0.2, -0.15) is 0 Å². The van der Waals surface area contributed by atoms with E-state index in [1.807, 2.05) is 22.7 Å². The van der Waals surface area contributed by atoms with E-state index in [0.717, 1.165) is 0 Å². The van der Waals surface area contributed by atoms with Crippen LogP contribution in [0.5, 0.6) is 0 Å². The minimum absolute atomic E-state index is 1.22. The van der Waals surface area contributed by atoms with Crippen LogP contribution in [0.3, 0.4) is 0 Å². The third kappa shape index (κ3) is 9.71. The van der Waals surface area contributed by atoms with Gasteiger partial charge in [0, 0.05) is 51.1 Å². The largest absolute Gasteiger partial charge is 0.134 e. The molecule has 0 fully saturated rings. The Morgan fingerprint density at radius 2 is 0.394 bits per heavy atom. The van der Waals surface area contributed by atoms with Crippen LogP contribution in [0.4, 0.5) is 0 Å². The van der Waals surface area contributed by atoms with Gasteiger partial charge in [-0.3, -0.25) is 0 Å². The number of hydrogen-bond donors (Lipinski definition) is 0. The third-order valence-corrected chi connectivity index (χ3v) is 24.2. The van der Waals surface area contributed by atoms with Crippen LogP contribution in [0.2, 0.25) is 0 Å². The highest BCUT2D eigenvalue weighted by atomic mass is 32.1. The number of rotatable bonds is 7. The molecule has 0 N–H and O–H groups in total. The topological polar surface area (TPSA) is 0 Å². The summed E-state index contributed by atoms with van der Waals surface area (Å²) in [5.74, 6) is 0. The lowest BCUT2D eigenvalue weighted by Gasteiger charge is -2.18. The molecule has 0 aliphatic rings. The first-order chi connectivity index (χ1) is 51.6. The van der Waals surface area contributed by atoms with E-state index in [0.29, 0.717) is 0 Å². The average molecular weight is 1350 g/mol. The third-order valence-electron chi connectivity index (χ3n) is 21.8. The maximum absolute atomic E-state index is 2.41. The Labute approximate surface area is 609 Å². The Hall–Kier alpha value is -12.8. The van der Waals surface area contributed by atoms with Crippen molar-refractivity contribution in [3.63, 3.8) is 0 Å². The minimum atomic E-state index is 1.22. The molecule has 0 aliphatic carbocycles. The van der Waals surface area contributed by atoms with Gasteiger partial charge in [0.2, 0.25) is 0 Å². The standard InChI is InChI=1S/C56H34S.C46H28S/c1-2-14-36-31-39(28-27-35(36)13-1)37-15-11-17-41(32-37)53-46-22-6-8-24-48(46)54(49-25-9-7-23-47(49)53)42-18-12-16-38(33-42)40-29-30-51-52(34-40)57-56-50-26-10-4-20-44(50)43-19-3-5-21-45(43)55(51)56;1-2-13-29(14-3-1)43-36-20-7-9-22-38(36)44(39-23-10-8-21-37(39)43)32-16-12-15-30(27-32)31-25-26-41-42(28-31)47-46-40-24-11-5-18-34(40)33-17-4-6-19-35(33)45(41)46/h1-34H;1-28H. The van der Waals surface area contributed by atoms with Crippen molar-refractivity contribution in [2.75, 3.05) is 0 Å². The van der Waals surface area contributed by atoms with Crippen LogP contribution in [-0.2, 0) is 0 Å². The SMILES string of the molecule is c1cc(-c2ccc3ccccc3c2)cc(-c2c3ccccc3c(-c3cccc(-c4ccc5c(c4)sc4c6ccccc6c6ccccc6c54)c3)c3ccccc23)c1.c1ccc(-c2c3ccccc3c(-c3cccc(-c4ccc5c(c4)sc4c6ccccc6c6ccccc6c54)c3)c3ccccc23)cc1. The summed E-state index contributed by atoms with van der Waals surface area (Å²) in [4.78, 5) is 0. The van der Waals surface area contributed by atoms with Crippen LogP contribution in [0.15, 0.2) is 376 Å². The highest BCUT2D eigenvalue weighted by molar-refractivity contribution is 7.27. The number of fused-ring (bicyclic) bond motifs is 21. The summed E-state index contributed by atoms with van der Waals surface area (Å²) >= 11 is 3.84. The van der Waals surface area contributed by atoms with Gasteiger partial charge in [-0.1, -0.05) is 340 Å². The van der Waals surface area contributed by atoms with Crippen LogP contribution in [-0.4, -0.2) is 0 Å². The first-order valence-electron chi connectivity index (χ1n) is 35.9. The quantitative estimate of drug-likeness (QED) is 0.110. The lowest BCUT2D eigenvalue weighted by Crippen LogP contribution is -1.91. The molecule has 0 saturated carbocycles. The molecule has 0 saturated heterocycles. The number of hydrogen-bond acceptors (Lipinski definition) is 2. The molecule has 0 atom stereocenters. The van der Waals surface area contributed by atoms with Gasteiger partial charge in [-0.05, 0) is 200 Å². The summed E-state index contributed by atoms with van der Waals surface area (Å²) in [5, 5.41) is 28.7. The maximum atomic E-state index is 2.41. The van der Waals surface area contributed by atoms with Gasteiger partial charge in [-0.25, -0.2) is 0 Å². The summed E-state index contributed by atoms with van der Waals surface area (Å²) in [6.45, 7) is 0. The lowest BCUT2D eigenvalue weighted by atomic mass is 9.85. The fourth-order valence-corrected chi connectivity index (χ4v) is 19.8. The molecule has 22 rings (SSSR count). The van der Waals surface area contributed by atoms with Gasteiger partial charge in [-0.15, -0.1) is 22.7 Å². The van der Waals surface area contributed by atoms with Crippen LogP contribution in [0.1, 0.15) is 0 Å². The summed E-state index contributed by atoms with van der Waals surface area (Å²) in [5.41, 5.74) is 17.5. The predicted octanol–water partition coefficient (Wildman–Crippen LogP) is 30.2. The Morgan fingerprint density at radius 3 is 0.779 bits per heavy atom. The van der Waals surface area contributed by atoms with E-state index in [1.165, 1.54) is 215 Å². The lowest BCUT2D eigenvalue weighted by molar-refractivity contribution is 1.62. The van der Waals surface area contributed by atoms with Crippen molar-refractivity contribution in [2.45, 2.75) is 0 Å². The second-order valence-corrected chi connectivity index (χ2v) is 29.7. The fourth-order valence-electron chi connectivity index (χ4n) is 17.2. The van der Waals surface area contributed by atoms with Crippen molar-refractivity contribution in [1.82, 2.24) is 0 Å². The smallest absolute Gasteiger partial charge is 0.0440 e. The molecule has 22 aromatic rings. The molecule has 2 aromatic heterocycles. The molecule has 0 unspecified atom stereocenters. The number of thiophene rings is 2. The van der Waals surface area contributed by atoms with Crippen molar-refractivity contribution in [3.8, 4) is 77.9 Å². The highest BCUT2D eigenvalue weighted by Gasteiger charge is 2.22. The van der Waals surface area contributed by atoms with Gasteiger partial charge in [0.05, 0.1) is 0 Å². The molecule has 0 aliphatic heterocycles. The van der Waals surface area contributed by atoms with E-state index in [4.69, 9.17) is 0 Å². The molecule has 2 heterocycles. The van der Waals surface area contributed by atoms with Gasteiger partial charge in [0.25, 0.3) is 0 Å². The van der Waals surface area contributed by atoms with E-state index in [1.54, 1.807) is 0 Å². The molecule has 0 nitrogen and oxygen atoms in total. The van der Waals surface area contributed by atoms with E-state index in [9.17, 15) is 0 Å². The van der Waals surface area contributed by atoms with E-state index < -0.39 is 0 Å². The first-order valence-corrected chi connectivity index (χ1v) is 37.5. The summed E-state index contributed by atoms with van der Waals surface area (Å²) in [7, 11) is 0. The summed E-state index contributed by atoms with van der Waals surface area (Å²) < 4.78 is 5.38. The number of benzene rings is 20. The summed E-state index contributed by atoms with van der Waals surface area (Å²) in [6.07, 6.45) is 0. The minimum Gasteiger partial charge on any atom is -0.134 e. The van der Waals surface area contributed by atoms with Crippen LogP contribution in [0.25, 0.3) is 215 Å². The molecule has 0 amide bonds. The van der Waals surface area contributed by atoms with Crippen molar-refractivity contribution in [2.24, 2.45) is 0 Å². The van der Waals surface area contributed by atoms with Crippen molar-refractivity contribution in [1.29, 1.82) is 0 Å². The Balaban J connectivity index is 0.000000137. The zero-order chi connectivity index (χ0) is 68.3. The summed E-state index contributed by atoms with van der Waals surface area (Å²) in [6, 6.07) is 139. The van der Waals surface area contributed by atoms with Crippen LogP contribution in [0, 0.1) is 0 Å². The molecule has 104 heavy (non-hydrogen) atoms. The molecule has 0 radical (unpaired) electrons. The zero-order valence-electron chi connectivity index (χ0n) is 56.6. The molecular formula is C102H62S2.